The fourth-order valence-corrected chi connectivity index (χ4v) is 4.60. The topological polar surface area (TPSA) is 70.6 Å². The number of aliphatic imine (C=N–C) groups is 1. The summed E-state index contributed by atoms with van der Waals surface area (Å²) in [5.74, 6) is 0.888. The summed E-state index contributed by atoms with van der Waals surface area (Å²) in [5.41, 5.74) is 4.22. The molecule has 2 N–H and O–H groups in total. The van der Waals surface area contributed by atoms with E-state index in [0.717, 1.165) is 11.1 Å². The van der Waals surface area contributed by atoms with Crippen LogP contribution in [-0.2, 0) is 16.4 Å². The van der Waals surface area contributed by atoms with Crippen molar-refractivity contribution in [3.05, 3.63) is 101 Å². The number of benzene rings is 3. The third-order valence-electron chi connectivity index (χ3n) is 5.20. The van der Waals surface area contributed by atoms with E-state index in [1.165, 1.54) is 17.4 Å². The summed E-state index contributed by atoms with van der Waals surface area (Å²) >= 11 is 0. The molecule has 3 aromatic rings. The summed E-state index contributed by atoms with van der Waals surface area (Å²) in [6.45, 7) is 3.06. The number of nitrogens with one attached hydrogen (secondary N) is 2. The van der Waals surface area contributed by atoms with Gasteiger partial charge in [0.25, 0.3) is 0 Å². The van der Waals surface area contributed by atoms with Gasteiger partial charge in [0.1, 0.15) is 0 Å². The van der Waals surface area contributed by atoms with Crippen molar-refractivity contribution in [3.8, 4) is 0 Å². The Morgan fingerprint density at radius 2 is 1.47 bits per heavy atom. The van der Waals surface area contributed by atoms with Gasteiger partial charge in [0.2, 0.25) is 0 Å². The number of rotatable bonds is 7. The van der Waals surface area contributed by atoms with Crippen molar-refractivity contribution < 1.29 is 8.42 Å². The third kappa shape index (κ3) is 7.06. The van der Waals surface area contributed by atoms with Crippen LogP contribution in [0.5, 0.6) is 0 Å². The van der Waals surface area contributed by atoms with E-state index in [4.69, 9.17) is 0 Å². The maximum Gasteiger partial charge on any atom is 0.191 e. The number of hydrogen-bond acceptors (Lipinski definition) is 3. The minimum atomic E-state index is -3.21. The molecule has 3 rings (SSSR count). The van der Waals surface area contributed by atoms with Crippen molar-refractivity contribution in [2.45, 2.75) is 24.3 Å². The molecule has 0 amide bonds. The molecule has 0 saturated carbocycles. The molecule has 0 spiro atoms. The molecule has 0 unspecified atom stereocenters. The van der Waals surface area contributed by atoms with Crippen LogP contribution in [0.4, 0.5) is 0 Å². The minimum absolute atomic E-state index is 0. The van der Waals surface area contributed by atoms with Crippen LogP contribution >= 0.6 is 24.0 Å². The SMILES string of the molecule is CN=C(NCc1ccc(S(C)(=O)=O)c(C)c1)NCC(c1ccccc1)c1ccccc1.I. The Morgan fingerprint density at radius 3 is 1.94 bits per heavy atom. The molecule has 0 radical (unpaired) electrons. The first-order chi connectivity index (χ1) is 14.9. The van der Waals surface area contributed by atoms with E-state index in [1.807, 2.05) is 31.2 Å². The molecular weight excluding hydrogens is 533 g/mol. The van der Waals surface area contributed by atoms with Crippen LogP contribution in [0.2, 0.25) is 0 Å². The third-order valence-corrected chi connectivity index (χ3v) is 6.46. The zero-order valence-electron chi connectivity index (χ0n) is 18.6. The molecule has 0 heterocycles. The maximum absolute atomic E-state index is 11.8. The van der Waals surface area contributed by atoms with Crippen molar-refractivity contribution >= 4 is 39.8 Å². The maximum atomic E-state index is 11.8. The molecule has 170 valence electrons. The first kappa shape index (κ1) is 25.9. The van der Waals surface area contributed by atoms with Gasteiger partial charge in [0.15, 0.2) is 15.8 Å². The first-order valence-electron chi connectivity index (χ1n) is 10.2. The van der Waals surface area contributed by atoms with Crippen LogP contribution in [0, 0.1) is 6.92 Å². The van der Waals surface area contributed by atoms with Gasteiger partial charge in [-0.25, -0.2) is 8.42 Å². The highest BCUT2D eigenvalue weighted by atomic mass is 127. The Kier molecular flexibility index (Phi) is 9.71. The highest BCUT2D eigenvalue weighted by Gasteiger charge is 2.15. The molecule has 0 aliphatic heterocycles. The van der Waals surface area contributed by atoms with Crippen LogP contribution in [0.25, 0.3) is 0 Å². The number of hydrogen-bond donors (Lipinski definition) is 2. The summed E-state index contributed by atoms with van der Waals surface area (Å²) in [6.07, 6.45) is 1.23. The quantitative estimate of drug-likeness (QED) is 0.252. The van der Waals surface area contributed by atoms with Crippen LogP contribution < -0.4 is 10.6 Å². The molecule has 0 aliphatic carbocycles. The summed E-state index contributed by atoms with van der Waals surface area (Å²) < 4.78 is 23.6. The van der Waals surface area contributed by atoms with E-state index < -0.39 is 9.84 Å². The molecular formula is C25H30IN3O2S. The normalized spacial score (nSPS) is 11.7. The number of guanidine groups is 1. The number of halogens is 1. The number of aryl methyl sites for hydroxylation is 1. The lowest BCUT2D eigenvalue weighted by atomic mass is 9.91. The Labute approximate surface area is 208 Å². The van der Waals surface area contributed by atoms with Crippen LogP contribution in [0.3, 0.4) is 0 Å². The van der Waals surface area contributed by atoms with Crippen molar-refractivity contribution in [1.82, 2.24) is 10.6 Å². The predicted octanol–water partition coefficient (Wildman–Crippen LogP) is 4.51. The molecule has 3 aromatic carbocycles. The van der Waals surface area contributed by atoms with Crippen LogP contribution in [-0.4, -0.2) is 34.2 Å². The average Bonchev–Trinajstić information content (AvgIpc) is 2.76. The van der Waals surface area contributed by atoms with E-state index in [-0.39, 0.29) is 29.9 Å². The monoisotopic (exact) mass is 563 g/mol. The Hall–Kier alpha value is -2.39. The van der Waals surface area contributed by atoms with E-state index in [1.54, 1.807) is 13.1 Å². The van der Waals surface area contributed by atoms with Gasteiger partial charge >= 0.3 is 0 Å². The average molecular weight is 564 g/mol. The smallest absolute Gasteiger partial charge is 0.191 e. The molecule has 0 bridgehead atoms. The highest BCUT2D eigenvalue weighted by molar-refractivity contribution is 14.0. The van der Waals surface area contributed by atoms with Gasteiger partial charge in [-0.1, -0.05) is 72.8 Å². The minimum Gasteiger partial charge on any atom is -0.355 e. The zero-order chi connectivity index (χ0) is 22.3. The second-order valence-corrected chi connectivity index (χ2v) is 9.54. The van der Waals surface area contributed by atoms with Crippen molar-refractivity contribution in [3.63, 3.8) is 0 Å². The molecule has 0 atom stereocenters. The van der Waals surface area contributed by atoms with Gasteiger partial charge in [0, 0.05) is 32.3 Å². The van der Waals surface area contributed by atoms with Crippen molar-refractivity contribution in [1.29, 1.82) is 0 Å². The highest BCUT2D eigenvalue weighted by Crippen LogP contribution is 2.23. The lowest BCUT2D eigenvalue weighted by Crippen LogP contribution is -2.39. The Morgan fingerprint density at radius 1 is 0.906 bits per heavy atom. The lowest BCUT2D eigenvalue weighted by molar-refractivity contribution is 0.601. The molecule has 0 aromatic heterocycles. The second kappa shape index (κ2) is 12.0. The summed E-state index contributed by atoms with van der Waals surface area (Å²) in [5, 5.41) is 6.75. The van der Waals surface area contributed by atoms with E-state index >= 15 is 0 Å². The fraction of sp³-hybridized carbons (Fsp3) is 0.240. The van der Waals surface area contributed by atoms with Crippen LogP contribution in [0.15, 0.2) is 88.8 Å². The predicted molar refractivity (Wildman–Crippen MR) is 143 cm³/mol. The van der Waals surface area contributed by atoms with Gasteiger partial charge in [-0.2, -0.15) is 0 Å². The van der Waals surface area contributed by atoms with E-state index in [9.17, 15) is 8.42 Å². The Balaban J connectivity index is 0.00000363. The second-order valence-electron chi connectivity index (χ2n) is 7.55. The number of sulfone groups is 1. The van der Waals surface area contributed by atoms with Gasteiger partial charge in [-0.3, -0.25) is 4.99 Å². The van der Waals surface area contributed by atoms with E-state index in [0.29, 0.717) is 23.9 Å². The zero-order valence-corrected chi connectivity index (χ0v) is 21.7. The molecule has 5 nitrogen and oxygen atoms in total. The molecule has 0 saturated heterocycles. The largest absolute Gasteiger partial charge is 0.355 e. The summed E-state index contributed by atoms with van der Waals surface area (Å²) in [4.78, 5) is 4.71. The van der Waals surface area contributed by atoms with Crippen LogP contribution in [0.1, 0.15) is 28.2 Å². The van der Waals surface area contributed by atoms with Crippen molar-refractivity contribution in [2.75, 3.05) is 19.8 Å². The Bertz CT molecular complexity index is 1090. The lowest BCUT2D eigenvalue weighted by Gasteiger charge is -2.21. The van der Waals surface area contributed by atoms with Gasteiger partial charge in [-0.15, -0.1) is 24.0 Å². The summed E-state index contributed by atoms with van der Waals surface area (Å²) in [7, 11) is -1.47. The fourth-order valence-electron chi connectivity index (χ4n) is 3.64. The van der Waals surface area contributed by atoms with E-state index in [2.05, 4.69) is 64.2 Å². The molecule has 7 heteroatoms. The van der Waals surface area contributed by atoms with Gasteiger partial charge < -0.3 is 10.6 Å². The van der Waals surface area contributed by atoms with Crippen molar-refractivity contribution in [2.24, 2.45) is 4.99 Å². The number of nitrogens with zero attached hydrogens (tertiary/aromatic N) is 1. The molecule has 0 fully saturated rings. The molecule has 0 aliphatic rings. The molecule has 32 heavy (non-hydrogen) atoms. The standard InChI is InChI=1S/C25H29N3O2S.HI/c1-19-16-20(14-15-24(19)31(3,29)30)17-27-25(26-2)28-18-23(21-10-6-4-7-11-21)22-12-8-5-9-13-22;/h4-16,23H,17-18H2,1-3H3,(H2,26,27,28);1H. The van der Waals surface area contributed by atoms with Gasteiger partial charge in [0.05, 0.1) is 4.90 Å². The summed E-state index contributed by atoms with van der Waals surface area (Å²) in [6, 6.07) is 26.2. The van der Waals surface area contributed by atoms with Gasteiger partial charge in [-0.05, 0) is 35.2 Å². The first-order valence-corrected chi connectivity index (χ1v) is 12.1.